The lowest BCUT2D eigenvalue weighted by Gasteiger charge is -2.37. The molecular weight excluding hydrogens is 334 g/mol. The third-order valence-corrected chi connectivity index (χ3v) is 4.78. The Kier molecular flexibility index (Phi) is 7.03. The molecule has 1 saturated carbocycles. The second-order valence-electron chi connectivity index (χ2n) is 6.33. The zero-order chi connectivity index (χ0) is 16.8. The first-order valence-corrected chi connectivity index (χ1v) is 8.80. The molecule has 0 heterocycles. The Morgan fingerprint density at radius 1 is 1.04 bits per heavy atom. The molecule has 0 bridgehead atoms. The Balaban J connectivity index is 0.00000225. The molecule has 3 nitrogen and oxygen atoms in total. The molecule has 3 rings (SSSR count). The summed E-state index contributed by atoms with van der Waals surface area (Å²) in [6.45, 7) is 3.32. The molecule has 4 heteroatoms. The summed E-state index contributed by atoms with van der Waals surface area (Å²) in [4.78, 5) is 12.8. The number of nitrogens with one attached hydrogen (secondary N) is 1. The molecule has 1 aliphatic carbocycles. The van der Waals surface area contributed by atoms with Gasteiger partial charge in [0.2, 0.25) is 0 Å². The summed E-state index contributed by atoms with van der Waals surface area (Å²) in [5, 5.41) is 3.58. The van der Waals surface area contributed by atoms with Crippen LogP contribution in [0.25, 0.3) is 0 Å². The third kappa shape index (κ3) is 4.42. The van der Waals surface area contributed by atoms with Gasteiger partial charge in [0.15, 0.2) is 5.78 Å². The number of benzene rings is 2. The predicted molar refractivity (Wildman–Crippen MR) is 103 cm³/mol. The van der Waals surface area contributed by atoms with Crippen molar-refractivity contribution in [1.82, 2.24) is 5.32 Å². The summed E-state index contributed by atoms with van der Waals surface area (Å²) in [5.41, 5.74) is 1.70. The first-order chi connectivity index (χ1) is 11.7. The number of Topliss-reactive ketones (excluding diaryl/α,β-unsaturated/α-hetero) is 1. The van der Waals surface area contributed by atoms with E-state index in [4.69, 9.17) is 4.74 Å². The van der Waals surface area contributed by atoms with E-state index in [0.29, 0.717) is 25.4 Å². The van der Waals surface area contributed by atoms with E-state index in [9.17, 15) is 4.79 Å². The van der Waals surface area contributed by atoms with Crippen LogP contribution in [0.1, 0.15) is 43.7 Å². The Morgan fingerprint density at radius 3 is 2.40 bits per heavy atom. The highest BCUT2D eigenvalue weighted by Gasteiger charge is 2.40. The fourth-order valence-corrected chi connectivity index (χ4v) is 3.47. The van der Waals surface area contributed by atoms with Crippen LogP contribution in [0, 0.1) is 0 Å². The SMILES string of the molecule is CCOc1ccc(CNC2(c3ccccc3)CCCCC2=O)cc1.Cl. The summed E-state index contributed by atoms with van der Waals surface area (Å²) in [5.74, 6) is 1.19. The predicted octanol–water partition coefficient (Wildman–Crippen LogP) is 4.64. The topological polar surface area (TPSA) is 38.3 Å². The van der Waals surface area contributed by atoms with Gasteiger partial charge in [-0.3, -0.25) is 10.1 Å². The van der Waals surface area contributed by atoms with Gasteiger partial charge in [-0.25, -0.2) is 0 Å². The Labute approximate surface area is 156 Å². The van der Waals surface area contributed by atoms with Crippen molar-refractivity contribution in [2.75, 3.05) is 6.61 Å². The first-order valence-electron chi connectivity index (χ1n) is 8.80. The molecule has 0 amide bonds. The van der Waals surface area contributed by atoms with Gasteiger partial charge >= 0.3 is 0 Å². The Hall–Kier alpha value is -1.84. The van der Waals surface area contributed by atoms with E-state index in [2.05, 4.69) is 29.6 Å². The molecule has 1 atom stereocenters. The highest BCUT2D eigenvalue weighted by atomic mass is 35.5. The molecular formula is C21H26ClNO2. The molecule has 2 aromatic carbocycles. The molecule has 2 aromatic rings. The van der Waals surface area contributed by atoms with Crippen LogP contribution < -0.4 is 10.1 Å². The quantitative estimate of drug-likeness (QED) is 0.816. The van der Waals surface area contributed by atoms with Crippen LogP contribution in [0.3, 0.4) is 0 Å². The molecule has 134 valence electrons. The molecule has 0 aromatic heterocycles. The molecule has 1 unspecified atom stereocenters. The number of ether oxygens (including phenoxy) is 1. The van der Waals surface area contributed by atoms with Crippen molar-refractivity contribution in [3.63, 3.8) is 0 Å². The van der Waals surface area contributed by atoms with Crippen LogP contribution in [0.4, 0.5) is 0 Å². The summed E-state index contributed by atoms with van der Waals surface area (Å²) in [6.07, 6.45) is 3.60. The molecule has 1 fully saturated rings. The zero-order valence-corrected chi connectivity index (χ0v) is 15.5. The van der Waals surface area contributed by atoms with Gasteiger partial charge in [0.1, 0.15) is 11.3 Å². The van der Waals surface area contributed by atoms with E-state index in [0.717, 1.165) is 36.1 Å². The van der Waals surface area contributed by atoms with Gasteiger partial charge < -0.3 is 4.74 Å². The minimum absolute atomic E-state index is 0. The van der Waals surface area contributed by atoms with Gasteiger partial charge in [0, 0.05) is 13.0 Å². The van der Waals surface area contributed by atoms with Crippen molar-refractivity contribution in [2.24, 2.45) is 0 Å². The second kappa shape index (κ2) is 9.02. The maximum Gasteiger partial charge on any atom is 0.157 e. The van der Waals surface area contributed by atoms with Gasteiger partial charge in [-0.05, 0) is 43.0 Å². The first kappa shape index (κ1) is 19.5. The number of halogens is 1. The van der Waals surface area contributed by atoms with Gasteiger partial charge in [0.05, 0.1) is 6.61 Å². The number of carbonyl (C=O) groups excluding carboxylic acids is 1. The van der Waals surface area contributed by atoms with Crippen LogP contribution in [0.15, 0.2) is 54.6 Å². The zero-order valence-electron chi connectivity index (χ0n) is 14.7. The summed E-state index contributed by atoms with van der Waals surface area (Å²) < 4.78 is 5.49. The van der Waals surface area contributed by atoms with Crippen molar-refractivity contribution in [3.8, 4) is 5.75 Å². The molecule has 0 aliphatic heterocycles. The summed E-state index contributed by atoms with van der Waals surface area (Å²) in [6, 6.07) is 18.2. The van der Waals surface area contributed by atoms with Crippen LogP contribution in [0.5, 0.6) is 5.75 Å². The normalized spacial score (nSPS) is 20.0. The number of carbonyl (C=O) groups is 1. The fourth-order valence-electron chi connectivity index (χ4n) is 3.47. The molecule has 0 saturated heterocycles. The van der Waals surface area contributed by atoms with E-state index in [1.54, 1.807) is 0 Å². The lowest BCUT2D eigenvalue weighted by Crippen LogP contribution is -2.50. The highest BCUT2D eigenvalue weighted by molar-refractivity contribution is 5.90. The van der Waals surface area contributed by atoms with E-state index < -0.39 is 5.54 Å². The van der Waals surface area contributed by atoms with Crippen LogP contribution >= 0.6 is 12.4 Å². The minimum Gasteiger partial charge on any atom is -0.494 e. The fraction of sp³-hybridized carbons (Fsp3) is 0.381. The summed E-state index contributed by atoms with van der Waals surface area (Å²) >= 11 is 0. The Morgan fingerprint density at radius 2 is 1.76 bits per heavy atom. The van der Waals surface area contributed by atoms with Gasteiger partial charge in [-0.2, -0.15) is 0 Å². The maximum atomic E-state index is 12.8. The third-order valence-electron chi connectivity index (χ3n) is 4.78. The molecule has 1 aliphatic rings. The lowest BCUT2D eigenvalue weighted by molar-refractivity contribution is -0.128. The van der Waals surface area contributed by atoms with Crippen LogP contribution in [-0.4, -0.2) is 12.4 Å². The summed E-state index contributed by atoms with van der Waals surface area (Å²) in [7, 11) is 0. The average Bonchev–Trinajstić information content (AvgIpc) is 2.63. The Bertz CT molecular complexity index is 672. The number of hydrogen-bond acceptors (Lipinski definition) is 3. The smallest absolute Gasteiger partial charge is 0.157 e. The lowest BCUT2D eigenvalue weighted by atomic mass is 9.75. The number of ketones is 1. The van der Waals surface area contributed by atoms with Crippen molar-refractivity contribution >= 4 is 18.2 Å². The monoisotopic (exact) mass is 359 g/mol. The van der Waals surface area contributed by atoms with Crippen molar-refractivity contribution < 1.29 is 9.53 Å². The molecule has 1 N–H and O–H groups in total. The van der Waals surface area contributed by atoms with Gasteiger partial charge in [0.25, 0.3) is 0 Å². The minimum atomic E-state index is -0.544. The van der Waals surface area contributed by atoms with Crippen molar-refractivity contribution in [2.45, 2.75) is 44.7 Å². The average molecular weight is 360 g/mol. The van der Waals surface area contributed by atoms with Crippen LogP contribution in [0.2, 0.25) is 0 Å². The van der Waals surface area contributed by atoms with E-state index in [1.807, 2.05) is 37.3 Å². The van der Waals surface area contributed by atoms with E-state index >= 15 is 0 Å². The number of rotatable bonds is 6. The van der Waals surface area contributed by atoms with Crippen LogP contribution in [-0.2, 0) is 16.9 Å². The number of hydrogen-bond donors (Lipinski definition) is 1. The second-order valence-corrected chi connectivity index (χ2v) is 6.33. The maximum absolute atomic E-state index is 12.8. The largest absolute Gasteiger partial charge is 0.494 e. The molecule has 25 heavy (non-hydrogen) atoms. The van der Waals surface area contributed by atoms with E-state index in [1.165, 1.54) is 0 Å². The highest BCUT2D eigenvalue weighted by Crippen LogP contribution is 2.34. The van der Waals surface area contributed by atoms with Gasteiger partial charge in [-0.15, -0.1) is 12.4 Å². The van der Waals surface area contributed by atoms with Crippen molar-refractivity contribution in [1.29, 1.82) is 0 Å². The molecule has 0 radical (unpaired) electrons. The standard InChI is InChI=1S/C21H25NO2.ClH/c1-2-24-19-13-11-17(12-14-19)16-22-21(15-7-6-10-20(21)23)18-8-4-3-5-9-18;/h3-5,8-9,11-14,22H,2,6-7,10,15-16H2,1H3;1H. The van der Waals surface area contributed by atoms with Gasteiger partial charge in [-0.1, -0.05) is 48.9 Å². The molecule has 0 spiro atoms. The van der Waals surface area contributed by atoms with E-state index in [-0.39, 0.29) is 12.4 Å². The van der Waals surface area contributed by atoms with Crippen molar-refractivity contribution in [3.05, 3.63) is 65.7 Å².